The Morgan fingerprint density at radius 1 is 0.921 bits per heavy atom. The summed E-state index contributed by atoms with van der Waals surface area (Å²) in [5.41, 5.74) is 4.80. The van der Waals surface area contributed by atoms with Gasteiger partial charge in [-0.1, -0.05) is 54.6 Å². The van der Waals surface area contributed by atoms with E-state index in [9.17, 15) is 9.59 Å². The number of nitrogens with one attached hydrogen (secondary N) is 2. The lowest BCUT2D eigenvalue weighted by molar-refractivity contribution is -0.131. The number of nitrogens with zero attached hydrogens (tertiary/aromatic N) is 1. The Kier molecular flexibility index (Phi) is 9.11. The Morgan fingerprint density at radius 2 is 1.68 bits per heavy atom. The van der Waals surface area contributed by atoms with Crippen LogP contribution in [0.1, 0.15) is 25.0 Å². The predicted molar refractivity (Wildman–Crippen MR) is 154 cm³/mol. The molecule has 1 atom stereocenters. The first-order valence-electron chi connectivity index (χ1n) is 12.2. The molecule has 2 amide bonds. The molecule has 4 aromatic rings. The van der Waals surface area contributed by atoms with Crippen LogP contribution in [-0.4, -0.2) is 24.6 Å². The average Bonchev–Trinajstić information content (AvgIpc) is 2.93. The van der Waals surface area contributed by atoms with Crippen molar-refractivity contribution in [1.82, 2.24) is 5.43 Å². The SMILES string of the molecule is CCOc1cc(C=NNC(=O)C(C)C(=O)Nc2ccccc2Br)ccc1OCc1cccc2ccccc12. The molecule has 0 radical (unpaired) electrons. The molecule has 4 aromatic carbocycles. The van der Waals surface area contributed by atoms with E-state index in [2.05, 4.69) is 50.0 Å². The maximum atomic E-state index is 12.5. The topological polar surface area (TPSA) is 89.0 Å². The highest BCUT2D eigenvalue weighted by Crippen LogP contribution is 2.30. The van der Waals surface area contributed by atoms with Crippen molar-refractivity contribution in [3.05, 3.63) is 101 Å². The van der Waals surface area contributed by atoms with Crippen LogP contribution in [0.25, 0.3) is 10.8 Å². The standard InChI is InChI=1S/C30H28BrN3O4/c1-3-37-28-17-21(15-16-27(28)38-19-23-11-8-10-22-9-4-5-12-24(22)23)18-32-34-30(36)20(2)29(35)33-26-14-7-6-13-25(26)31/h4-18,20H,3,19H2,1-2H3,(H,33,35)(H,34,36). The quantitative estimate of drug-likeness (QED) is 0.132. The van der Waals surface area contributed by atoms with E-state index in [0.29, 0.717) is 36.0 Å². The molecule has 0 spiro atoms. The van der Waals surface area contributed by atoms with Crippen molar-refractivity contribution in [3.8, 4) is 11.5 Å². The summed E-state index contributed by atoms with van der Waals surface area (Å²) >= 11 is 3.37. The van der Waals surface area contributed by atoms with Crippen LogP contribution in [0.5, 0.6) is 11.5 Å². The van der Waals surface area contributed by atoms with Gasteiger partial charge in [-0.3, -0.25) is 9.59 Å². The number of ether oxygens (including phenoxy) is 2. The summed E-state index contributed by atoms with van der Waals surface area (Å²) in [6, 6.07) is 26.9. The Balaban J connectivity index is 1.38. The molecule has 2 N–H and O–H groups in total. The average molecular weight is 574 g/mol. The molecule has 1 unspecified atom stereocenters. The van der Waals surface area contributed by atoms with Gasteiger partial charge in [0.25, 0.3) is 5.91 Å². The summed E-state index contributed by atoms with van der Waals surface area (Å²) in [6.45, 7) is 4.28. The first-order valence-corrected chi connectivity index (χ1v) is 13.0. The molecule has 0 bridgehead atoms. The molecule has 4 rings (SSSR count). The van der Waals surface area contributed by atoms with Gasteiger partial charge in [-0.05, 0) is 82.0 Å². The van der Waals surface area contributed by atoms with E-state index in [0.717, 1.165) is 20.8 Å². The number of hydrogen-bond acceptors (Lipinski definition) is 5. The molecule has 8 heteroatoms. The van der Waals surface area contributed by atoms with Crippen molar-refractivity contribution < 1.29 is 19.1 Å². The van der Waals surface area contributed by atoms with E-state index in [-0.39, 0.29) is 0 Å². The lowest BCUT2D eigenvalue weighted by Gasteiger charge is -2.14. The maximum Gasteiger partial charge on any atom is 0.252 e. The summed E-state index contributed by atoms with van der Waals surface area (Å²) < 4.78 is 12.6. The number of hydrogen-bond donors (Lipinski definition) is 2. The van der Waals surface area contributed by atoms with Crippen LogP contribution in [0.15, 0.2) is 94.5 Å². The van der Waals surface area contributed by atoms with Crippen molar-refractivity contribution in [2.45, 2.75) is 20.5 Å². The predicted octanol–water partition coefficient (Wildman–Crippen LogP) is 6.30. The second-order valence-electron chi connectivity index (χ2n) is 8.49. The molecule has 0 aromatic heterocycles. The number of carbonyl (C=O) groups is 2. The fourth-order valence-corrected chi connectivity index (χ4v) is 4.14. The zero-order valence-corrected chi connectivity index (χ0v) is 22.7. The molecule has 194 valence electrons. The van der Waals surface area contributed by atoms with Gasteiger partial charge >= 0.3 is 0 Å². The lowest BCUT2D eigenvalue weighted by atomic mass is 10.1. The molecular weight excluding hydrogens is 546 g/mol. The number of amides is 2. The van der Waals surface area contributed by atoms with Gasteiger partial charge in [0.1, 0.15) is 12.5 Å². The Bertz CT molecular complexity index is 1470. The molecule has 0 saturated carbocycles. The molecule has 0 fully saturated rings. The number of anilines is 1. The minimum atomic E-state index is -0.942. The minimum Gasteiger partial charge on any atom is -0.490 e. The second kappa shape index (κ2) is 12.9. The van der Waals surface area contributed by atoms with Crippen molar-refractivity contribution >= 4 is 50.4 Å². The third kappa shape index (κ3) is 6.77. The molecule has 0 aliphatic carbocycles. The van der Waals surface area contributed by atoms with Crippen LogP contribution in [0, 0.1) is 5.92 Å². The molecule has 0 saturated heterocycles. The van der Waals surface area contributed by atoms with Gasteiger partial charge in [0.15, 0.2) is 11.5 Å². The highest BCUT2D eigenvalue weighted by Gasteiger charge is 2.21. The number of hydrazone groups is 1. The molecule has 0 heterocycles. The van der Waals surface area contributed by atoms with Crippen molar-refractivity contribution in [2.75, 3.05) is 11.9 Å². The first kappa shape index (κ1) is 26.9. The van der Waals surface area contributed by atoms with Crippen molar-refractivity contribution in [1.29, 1.82) is 0 Å². The summed E-state index contributed by atoms with van der Waals surface area (Å²) in [6.07, 6.45) is 1.49. The van der Waals surface area contributed by atoms with Crippen molar-refractivity contribution in [2.24, 2.45) is 11.0 Å². The van der Waals surface area contributed by atoms with Crippen LogP contribution in [0.2, 0.25) is 0 Å². The maximum absolute atomic E-state index is 12.5. The van der Waals surface area contributed by atoms with E-state index in [1.807, 2.05) is 49.4 Å². The molecule has 38 heavy (non-hydrogen) atoms. The van der Waals surface area contributed by atoms with E-state index in [1.165, 1.54) is 13.1 Å². The summed E-state index contributed by atoms with van der Waals surface area (Å²) in [7, 11) is 0. The van der Waals surface area contributed by atoms with Gasteiger partial charge in [-0.2, -0.15) is 5.10 Å². The zero-order valence-electron chi connectivity index (χ0n) is 21.1. The molecule has 0 aliphatic rings. The van der Waals surface area contributed by atoms with Gasteiger partial charge in [0, 0.05) is 4.47 Å². The van der Waals surface area contributed by atoms with Crippen LogP contribution < -0.4 is 20.2 Å². The fraction of sp³-hybridized carbons (Fsp3) is 0.167. The largest absolute Gasteiger partial charge is 0.490 e. The highest BCUT2D eigenvalue weighted by atomic mass is 79.9. The number of rotatable bonds is 10. The van der Waals surface area contributed by atoms with E-state index >= 15 is 0 Å². The molecule has 7 nitrogen and oxygen atoms in total. The minimum absolute atomic E-state index is 0.393. The van der Waals surface area contributed by atoms with E-state index < -0.39 is 17.7 Å². The first-order chi connectivity index (χ1) is 18.5. The van der Waals surface area contributed by atoms with Crippen LogP contribution >= 0.6 is 15.9 Å². The van der Waals surface area contributed by atoms with Gasteiger partial charge < -0.3 is 14.8 Å². The summed E-state index contributed by atoms with van der Waals surface area (Å²) in [5.74, 6) is -0.715. The van der Waals surface area contributed by atoms with Crippen molar-refractivity contribution in [3.63, 3.8) is 0 Å². The lowest BCUT2D eigenvalue weighted by Crippen LogP contribution is -2.34. The zero-order chi connectivity index (χ0) is 26.9. The van der Waals surface area contributed by atoms with E-state index in [4.69, 9.17) is 9.47 Å². The summed E-state index contributed by atoms with van der Waals surface area (Å²) in [5, 5.41) is 9.05. The number of fused-ring (bicyclic) bond motifs is 1. The third-order valence-corrected chi connectivity index (χ3v) is 6.53. The Morgan fingerprint density at radius 3 is 2.50 bits per heavy atom. The molecule has 0 aliphatic heterocycles. The monoisotopic (exact) mass is 573 g/mol. The highest BCUT2D eigenvalue weighted by molar-refractivity contribution is 9.10. The fourth-order valence-electron chi connectivity index (χ4n) is 3.76. The van der Waals surface area contributed by atoms with Gasteiger partial charge in [0.05, 0.1) is 18.5 Å². The van der Waals surface area contributed by atoms with Gasteiger partial charge in [0.2, 0.25) is 5.91 Å². The Labute approximate surface area is 230 Å². The number of carbonyl (C=O) groups excluding carboxylic acids is 2. The van der Waals surface area contributed by atoms with Gasteiger partial charge in [-0.15, -0.1) is 0 Å². The number of halogens is 1. The van der Waals surface area contributed by atoms with Crippen LogP contribution in [0.3, 0.4) is 0 Å². The van der Waals surface area contributed by atoms with Gasteiger partial charge in [-0.25, -0.2) is 5.43 Å². The normalized spacial score (nSPS) is 11.8. The van der Waals surface area contributed by atoms with E-state index in [1.54, 1.807) is 24.3 Å². The smallest absolute Gasteiger partial charge is 0.252 e. The van der Waals surface area contributed by atoms with Crippen LogP contribution in [-0.2, 0) is 16.2 Å². The Hall–Kier alpha value is -4.17. The second-order valence-corrected chi connectivity index (χ2v) is 9.35. The molecular formula is C30H28BrN3O4. The third-order valence-electron chi connectivity index (χ3n) is 5.84. The number of para-hydroxylation sites is 1. The number of benzene rings is 4. The summed E-state index contributed by atoms with van der Waals surface area (Å²) in [4.78, 5) is 24.9. The van der Waals surface area contributed by atoms with Crippen LogP contribution in [0.4, 0.5) is 5.69 Å².